The topological polar surface area (TPSA) is 71.9 Å². The van der Waals surface area contributed by atoms with Crippen molar-refractivity contribution in [3.63, 3.8) is 0 Å². The molecule has 0 spiro atoms. The van der Waals surface area contributed by atoms with E-state index in [0.29, 0.717) is 11.1 Å². The molecule has 0 fully saturated rings. The number of hydrogen-bond acceptors (Lipinski definition) is 3. The summed E-state index contributed by atoms with van der Waals surface area (Å²) in [5.74, 6) is 0. The first-order valence-corrected chi connectivity index (χ1v) is 8.11. The minimum atomic E-state index is -0.462. The van der Waals surface area contributed by atoms with Crippen LogP contribution >= 0.6 is 0 Å². The average Bonchev–Trinajstić information content (AvgIpc) is 3.10. The zero-order chi connectivity index (χ0) is 18.7. The van der Waals surface area contributed by atoms with Crippen LogP contribution < -0.4 is 0 Å². The lowest BCUT2D eigenvalue weighted by Gasteiger charge is -2.10. The van der Waals surface area contributed by atoms with Gasteiger partial charge >= 0.3 is 0 Å². The molecule has 1 aromatic heterocycles. The molecule has 0 atom stereocenters. The lowest BCUT2D eigenvalue weighted by Crippen LogP contribution is -1.97. The zero-order valence-electron chi connectivity index (χ0n) is 14.5. The van der Waals surface area contributed by atoms with Crippen LogP contribution in [-0.4, -0.2) is 9.49 Å². The first kappa shape index (κ1) is 17.2. The van der Waals surface area contributed by atoms with Crippen molar-refractivity contribution in [2.24, 2.45) is 0 Å². The van der Waals surface area contributed by atoms with Crippen molar-refractivity contribution >= 4 is 17.3 Å². The summed E-state index contributed by atoms with van der Waals surface area (Å²) in [4.78, 5) is 10.5. The molecule has 0 bridgehead atoms. The molecule has 5 nitrogen and oxygen atoms in total. The third-order valence-electron chi connectivity index (χ3n) is 4.33. The third-order valence-corrected chi connectivity index (χ3v) is 4.33. The smallest absolute Gasteiger partial charge is 0.270 e. The maximum atomic E-state index is 11.0. The molecule has 0 aliphatic heterocycles. The first-order valence-electron chi connectivity index (χ1n) is 8.11. The SMILES string of the molecule is Cc1ccc(-n2cccc2/C=C(/C#N)c2cccc([N+](=O)[O-])c2)cc1C. The molecule has 0 N–H and O–H groups in total. The van der Waals surface area contributed by atoms with Crippen molar-refractivity contribution < 1.29 is 4.92 Å². The van der Waals surface area contributed by atoms with Crippen LogP contribution in [0.4, 0.5) is 5.69 Å². The summed E-state index contributed by atoms with van der Waals surface area (Å²) >= 11 is 0. The van der Waals surface area contributed by atoms with E-state index in [1.54, 1.807) is 18.2 Å². The minimum absolute atomic E-state index is 0.0341. The van der Waals surface area contributed by atoms with Crippen LogP contribution in [0.2, 0.25) is 0 Å². The van der Waals surface area contributed by atoms with E-state index < -0.39 is 4.92 Å². The quantitative estimate of drug-likeness (QED) is 0.377. The summed E-state index contributed by atoms with van der Waals surface area (Å²) in [6, 6.07) is 18.2. The molecular formula is C21H17N3O2. The number of rotatable bonds is 4. The van der Waals surface area contributed by atoms with Crippen molar-refractivity contribution in [1.29, 1.82) is 5.26 Å². The summed E-state index contributed by atoms with van der Waals surface area (Å²) in [5, 5.41) is 20.5. The number of nitriles is 1. The van der Waals surface area contributed by atoms with Crippen molar-refractivity contribution in [3.8, 4) is 11.8 Å². The van der Waals surface area contributed by atoms with Crippen LogP contribution in [0, 0.1) is 35.3 Å². The summed E-state index contributed by atoms with van der Waals surface area (Å²) in [6.45, 7) is 4.12. The van der Waals surface area contributed by atoms with Crippen LogP contribution in [0.1, 0.15) is 22.4 Å². The van der Waals surface area contributed by atoms with Gasteiger partial charge in [0, 0.05) is 29.7 Å². The Morgan fingerprint density at radius 3 is 2.62 bits per heavy atom. The lowest BCUT2D eigenvalue weighted by molar-refractivity contribution is -0.384. The average molecular weight is 343 g/mol. The predicted octanol–water partition coefficient (Wildman–Crippen LogP) is 5.07. The lowest BCUT2D eigenvalue weighted by atomic mass is 10.0. The van der Waals surface area contributed by atoms with Crippen LogP contribution in [0.5, 0.6) is 0 Å². The molecule has 0 aliphatic carbocycles. The number of aromatic nitrogens is 1. The van der Waals surface area contributed by atoms with E-state index in [1.807, 2.05) is 29.0 Å². The van der Waals surface area contributed by atoms with Gasteiger partial charge < -0.3 is 4.57 Å². The molecular weight excluding hydrogens is 326 g/mol. The van der Waals surface area contributed by atoms with Crippen LogP contribution in [0.15, 0.2) is 60.8 Å². The normalized spacial score (nSPS) is 11.2. The molecule has 0 unspecified atom stereocenters. The first-order chi connectivity index (χ1) is 12.5. The second-order valence-electron chi connectivity index (χ2n) is 6.05. The van der Waals surface area contributed by atoms with Gasteiger partial charge in [0.2, 0.25) is 0 Å². The number of non-ortho nitro benzene ring substituents is 1. The minimum Gasteiger partial charge on any atom is -0.317 e. The molecule has 0 saturated heterocycles. The number of nitro groups is 1. The van der Waals surface area contributed by atoms with Crippen LogP contribution in [0.25, 0.3) is 17.3 Å². The van der Waals surface area contributed by atoms with Gasteiger partial charge in [-0.3, -0.25) is 10.1 Å². The molecule has 3 aromatic rings. The van der Waals surface area contributed by atoms with Gasteiger partial charge in [0.1, 0.15) is 0 Å². The Hall–Kier alpha value is -3.65. The van der Waals surface area contributed by atoms with E-state index in [-0.39, 0.29) is 5.69 Å². The van der Waals surface area contributed by atoms with Gasteiger partial charge in [-0.2, -0.15) is 5.26 Å². The number of hydrogen-bond donors (Lipinski definition) is 0. The Balaban J connectivity index is 2.06. The molecule has 0 aliphatic rings. The number of nitro benzene ring substituents is 1. The van der Waals surface area contributed by atoms with Gasteiger partial charge in [-0.25, -0.2) is 0 Å². The molecule has 1 heterocycles. The zero-order valence-corrected chi connectivity index (χ0v) is 14.5. The Kier molecular flexibility index (Phi) is 4.68. The van der Waals surface area contributed by atoms with E-state index in [2.05, 4.69) is 32.0 Å². The Morgan fingerprint density at radius 2 is 1.92 bits per heavy atom. The fourth-order valence-corrected chi connectivity index (χ4v) is 2.74. The van der Waals surface area contributed by atoms with E-state index >= 15 is 0 Å². The highest BCUT2D eigenvalue weighted by Crippen LogP contribution is 2.24. The number of nitrogens with zero attached hydrogens (tertiary/aromatic N) is 3. The van der Waals surface area contributed by atoms with Gasteiger partial charge in [0.25, 0.3) is 5.69 Å². The molecule has 26 heavy (non-hydrogen) atoms. The van der Waals surface area contributed by atoms with Gasteiger partial charge in [0.15, 0.2) is 0 Å². The predicted molar refractivity (Wildman–Crippen MR) is 102 cm³/mol. The maximum Gasteiger partial charge on any atom is 0.270 e. The Morgan fingerprint density at radius 1 is 1.12 bits per heavy atom. The molecule has 0 radical (unpaired) electrons. The molecule has 0 saturated carbocycles. The van der Waals surface area contributed by atoms with Gasteiger partial charge in [-0.1, -0.05) is 18.2 Å². The standard InChI is InChI=1S/C21H17N3O2/c1-15-8-9-20(11-16(15)2)23-10-4-7-19(23)13-18(14-22)17-5-3-6-21(12-17)24(25)26/h3-13H,1-2H3/b18-13-. The number of benzene rings is 2. The fourth-order valence-electron chi connectivity index (χ4n) is 2.74. The highest BCUT2D eigenvalue weighted by molar-refractivity contribution is 5.89. The van der Waals surface area contributed by atoms with E-state index in [0.717, 1.165) is 11.4 Å². The fraction of sp³-hybridized carbons (Fsp3) is 0.0952. The van der Waals surface area contributed by atoms with Crippen molar-refractivity contribution in [3.05, 3.63) is 93.3 Å². The van der Waals surface area contributed by atoms with Crippen molar-refractivity contribution in [2.45, 2.75) is 13.8 Å². The summed E-state index contributed by atoms with van der Waals surface area (Å²) in [5.41, 5.74) is 5.09. The summed E-state index contributed by atoms with van der Waals surface area (Å²) in [6.07, 6.45) is 3.67. The largest absolute Gasteiger partial charge is 0.317 e. The highest BCUT2D eigenvalue weighted by Gasteiger charge is 2.10. The monoisotopic (exact) mass is 343 g/mol. The summed E-state index contributed by atoms with van der Waals surface area (Å²) in [7, 11) is 0. The second-order valence-corrected chi connectivity index (χ2v) is 6.05. The van der Waals surface area contributed by atoms with Crippen LogP contribution in [-0.2, 0) is 0 Å². The number of allylic oxidation sites excluding steroid dienone is 1. The molecule has 3 rings (SSSR count). The van der Waals surface area contributed by atoms with Gasteiger partial charge in [0.05, 0.1) is 16.6 Å². The second kappa shape index (κ2) is 7.08. The molecule has 5 heteroatoms. The third kappa shape index (κ3) is 3.40. The molecule has 2 aromatic carbocycles. The van der Waals surface area contributed by atoms with Gasteiger partial charge in [-0.05, 0) is 60.9 Å². The molecule has 0 amide bonds. The maximum absolute atomic E-state index is 11.0. The van der Waals surface area contributed by atoms with Gasteiger partial charge in [-0.15, -0.1) is 0 Å². The summed E-state index contributed by atoms with van der Waals surface area (Å²) < 4.78 is 1.99. The Labute approximate surface area is 151 Å². The van der Waals surface area contributed by atoms with E-state index in [4.69, 9.17) is 0 Å². The Bertz CT molecular complexity index is 1060. The van der Waals surface area contributed by atoms with E-state index in [9.17, 15) is 15.4 Å². The van der Waals surface area contributed by atoms with Crippen molar-refractivity contribution in [2.75, 3.05) is 0 Å². The number of aryl methyl sites for hydroxylation is 2. The highest BCUT2D eigenvalue weighted by atomic mass is 16.6. The van der Waals surface area contributed by atoms with Crippen LogP contribution in [0.3, 0.4) is 0 Å². The van der Waals surface area contributed by atoms with Crippen molar-refractivity contribution in [1.82, 2.24) is 4.57 Å². The molecule has 128 valence electrons. The van der Waals surface area contributed by atoms with E-state index in [1.165, 1.54) is 23.3 Å².